The van der Waals surface area contributed by atoms with Crippen molar-refractivity contribution in [3.8, 4) is 22.3 Å². The largest absolute Gasteiger partial charge is 0.255 e. The molecule has 0 unspecified atom stereocenters. The lowest BCUT2D eigenvalue weighted by molar-refractivity contribution is 1.41. The van der Waals surface area contributed by atoms with Crippen molar-refractivity contribution in [2.24, 2.45) is 0 Å². The normalized spacial score (nSPS) is 10.7. The fourth-order valence-corrected chi connectivity index (χ4v) is 2.80. The molecule has 1 nitrogen and oxygen atoms in total. The number of fused-ring (bicyclic) bond motifs is 1. The van der Waals surface area contributed by atoms with E-state index < -0.39 is 0 Å². The zero-order valence-electron chi connectivity index (χ0n) is 12.1. The SMILES string of the molecule is c1ccc(-c2cnc3c(-c4ccccc4)cccc3c2)cc1. The quantitative estimate of drug-likeness (QED) is 0.468. The van der Waals surface area contributed by atoms with E-state index in [0.717, 1.165) is 11.1 Å². The Labute approximate surface area is 129 Å². The molecule has 22 heavy (non-hydrogen) atoms. The summed E-state index contributed by atoms with van der Waals surface area (Å²) in [7, 11) is 0. The van der Waals surface area contributed by atoms with Gasteiger partial charge in [-0.2, -0.15) is 0 Å². The van der Waals surface area contributed by atoms with Gasteiger partial charge in [0.25, 0.3) is 0 Å². The molecule has 0 bridgehead atoms. The summed E-state index contributed by atoms with van der Waals surface area (Å²) in [6, 6.07) is 29.4. The van der Waals surface area contributed by atoms with E-state index in [1.165, 1.54) is 22.1 Å². The van der Waals surface area contributed by atoms with Crippen LogP contribution in [0.5, 0.6) is 0 Å². The number of hydrogen-bond acceptors (Lipinski definition) is 1. The van der Waals surface area contributed by atoms with E-state index in [-0.39, 0.29) is 0 Å². The Kier molecular flexibility index (Phi) is 3.17. The van der Waals surface area contributed by atoms with Crippen molar-refractivity contribution < 1.29 is 0 Å². The standard InChI is InChI=1S/C21H15N/c1-3-8-16(9-4-1)19-14-18-12-7-13-20(21(18)22-15-19)17-10-5-2-6-11-17/h1-15H. The topological polar surface area (TPSA) is 12.9 Å². The van der Waals surface area contributed by atoms with Gasteiger partial charge in [-0.3, -0.25) is 4.98 Å². The van der Waals surface area contributed by atoms with Crippen molar-refractivity contribution in [3.63, 3.8) is 0 Å². The molecule has 0 radical (unpaired) electrons. The number of rotatable bonds is 2. The summed E-state index contributed by atoms with van der Waals surface area (Å²) in [4.78, 5) is 4.73. The number of benzene rings is 3. The highest BCUT2D eigenvalue weighted by molar-refractivity contribution is 5.95. The van der Waals surface area contributed by atoms with Crippen LogP contribution >= 0.6 is 0 Å². The van der Waals surface area contributed by atoms with Gasteiger partial charge in [-0.1, -0.05) is 78.9 Å². The van der Waals surface area contributed by atoms with E-state index in [1.54, 1.807) is 0 Å². The van der Waals surface area contributed by atoms with E-state index in [1.807, 2.05) is 18.3 Å². The summed E-state index contributed by atoms with van der Waals surface area (Å²) in [6.07, 6.45) is 1.96. The second-order valence-corrected chi connectivity index (χ2v) is 5.33. The lowest BCUT2D eigenvalue weighted by Crippen LogP contribution is -1.86. The zero-order valence-corrected chi connectivity index (χ0v) is 12.1. The smallest absolute Gasteiger partial charge is 0.0780 e. The van der Waals surface area contributed by atoms with Gasteiger partial charge < -0.3 is 0 Å². The number of para-hydroxylation sites is 1. The Morgan fingerprint density at radius 1 is 0.545 bits per heavy atom. The molecule has 1 heteroatoms. The molecule has 1 aromatic heterocycles. The predicted molar refractivity (Wildman–Crippen MR) is 92.6 cm³/mol. The third-order valence-electron chi connectivity index (χ3n) is 3.90. The molecule has 0 aliphatic heterocycles. The number of hydrogen-bond donors (Lipinski definition) is 0. The van der Waals surface area contributed by atoms with E-state index in [4.69, 9.17) is 4.98 Å². The van der Waals surface area contributed by atoms with Crippen LogP contribution in [0.1, 0.15) is 0 Å². The van der Waals surface area contributed by atoms with Gasteiger partial charge >= 0.3 is 0 Å². The molecule has 4 aromatic rings. The summed E-state index contributed by atoms with van der Waals surface area (Å²) < 4.78 is 0. The molecule has 0 N–H and O–H groups in total. The summed E-state index contributed by atoms with van der Waals surface area (Å²) in [6.45, 7) is 0. The van der Waals surface area contributed by atoms with Gasteiger partial charge in [-0.15, -0.1) is 0 Å². The van der Waals surface area contributed by atoms with E-state index in [9.17, 15) is 0 Å². The average molecular weight is 281 g/mol. The second-order valence-electron chi connectivity index (χ2n) is 5.33. The first-order valence-electron chi connectivity index (χ1n) is 7.41. The van der Waals surface area contributed by atoms with E-state index in [2.05, 4.69) is 72.8 Å². The third-order valence-corrected chi connectivity index (χ3v) is 3.90. The van der Waals surface area contributed by atoms with Crippen molar-refractivity contribution in [1.82, 2.24) is 4.98 Å². The Morgan fingerprint density at radius 2 is 1.23 bits per heavy atom. The van der Waals surface area contributed by atoms with Gasteiger partial charge in [0.15, 0.2) is 0 Å². The second kappa shape index (κ2) is 5.45. The van der Waals surface area contributed by atoms with Crippen molar-refractivity contribution in [1.29, 1.82) is 0 Å². The lowest BCUT2D eigenvalue weighted by Gasteiger charge is -2.08. The van der Waals surface area contributed by atoms with Gasteiger partial charge in [0.1, 0.15) is 0 Å². The summed E-state index contributed by atoms with van der Waals surface area (Å²) >= 11 is 0. The molecular weight excluding hydrogens is 266 g/mol. The van der Waals surface area contributed by atoms with Crippen LogP contribution in [-0.4, -0.2) is 4.98 Å². The molecule has 3 aromatic carbocycles. The van der Waals surface area contributed by atoms with Crippen LogP contribution < -0.4 is 0 Å². The van der Waals surface area contributed by atoms with Crippen LogP contribution in [0, 0.1) is 0 Å². The molecule has 0 saturated heterocycles. The molecule has 4 rings (SSSR count). The van der Waals surface area contributed by atoms with Gasteiger partial charge in [0, 0.05) is 22.7 Å². The van der Waals surface area contributed by atoms with Crippen LogP contribution in [0.25, 0.3) is 33.2 Å². The van der Waals surface area contributed by atoms with Crippen molar-refractivity contribution in [2.75, 3.05) is 0 Å². The van der Waals surface area contributed by atoms with Crippen molar-refractivity contribution >= 4 is 10.9 Å². The molecule has 0 saturated carbocycles. The predicted octanol–water partition coefficient (Wildman–Crippen LogP) is 5.57. The van der Waals surface area contributed by atoms with Crippen LogP contribution in [0.3, 0.4) is 0 Å². The van der Waals surface area contributed by atoms with Gasteiger partial charge in [0.05, 0.1) is 5.52 Å². The maximum atomic E-state index is 4.73. The lowest BCUT2D eigenvalue weighted by atomic mass is 10.00. The monoisotopic (exact) mass is 281 g/mol. The van der Waals surface area contributed by atoms with E-state index >= 15 is 0 Å². The van der Waals surface area contributed by atoms with Crippen molar-refractivity contribution in [2.45, 2.75) is 0 Å². The van der Waals surface area contributed by atoms with E-state index in [0.29, 0.717) is 0 Å². The summed E-state index contributed by atoms with van der Waals surface area (Å²) in [5.74, 6) is 0. The molecule has 0 amide bonds. The Bertz CT molecular complexity index is 912. The summed E-state index contributed by atoms with van der Waals surface area (Å²) in [5.41, 5.74) is 5.78. The first-order chi connectivity index (χ1) is 10.9. The Hall–Kier alpha value is -2.93. The highest BCUT2D eigenvalue weighted by atomic mass is 14.7. The number of aromatic nitrogens is 1. The molecule has 0 atom stereocenters. The summed E-state index contributed by atoms with van der Waals surface area (Å²) in [5, 5.41) is 1.17. The highest BCUT2D eigenvalue weighted by Crippen LogP contribution is 2.29. The first-order valence-corrected chi connectivity index (χ1v) is 7.41. The number of nitrogens with zero attached hydrogens (tertiary/aromatic N) is 1. The zero-order chi connectivity index (χ0) is 14.8. The van der Waals surface area contributed by atoms with Gasteiger partial charge in [-0.05, 0) is 17.2 Å². The average Bonchev–Trinajstić information content (AvgIpc) is 2.62. The van der Waals surface area contributed by atoms with Crippen LogP contribution in [0.2, 0.25) is 0 Å². The van der Waals surface area contributed by atoms with Gasteiger partial charge in [0.2, 0.25) is 0 Å². The van der Waals surface area contributed by atoms with Crippen LogP contribution in [0.15, 0.2) is 91.1 Å². The molecule has 0 spiro atoms. The fourth-order valence-electron chi connectivity index (χ4n) is 2.80. The van der Waals surface area contributed by atoms with Crippen LogP contribution in [0.4, 0.5) is 0 Å². The molecule has 1 heterocycles. The molecule has 0 aliphatic rings. The first kappa shape index (κ1) is 12.8. The molecule has 0 fully saturated rings. The molecular formula is C21H15N. The minimum atomic E-state index is 1.05. The minimum Gasteiger partial charge on any atom is -0.255 e. The maximum Gasteiger partial charge on any atom is 0.0780 e. The minimum absolute atomic E-state index is 1.05. The highest BCUT2D eigenvalue weighted by Gasteiger charge is 2.06. The fraction of sp³-hybridized carbons (Fsp3) is 0. The molecule has 104 valence electrons. The maximum absolute atomic E-state index is 4.73. The molecule has 0 aliphatic carbocycles. The van der Waals surface area contributed by atoms with Crippen molar-refractivity contribution in [3.05, 3.63) is 91.1 Å². The van der Waals surface area contributed by atoms with Gasteiger partial charge in [-0.25, -0.2) is 0 Å². The van der Waals surface area contributed by atoms with Crippen LogP contribution in [-0.2, 0) is 0 Å². The number of pyridine rings is 1. The Morgan fingerprint density at radius 3 is 1.95 bits per heavy atom. The Balaban J connectivity index is 1.90. The third kappa shape index (κ3) is 2.27.